The van der Waals surface area contributed by atoms with Crippen LogP contribution in [-0.4, -0.2) is 48.0 Å². The van der Waals surface area contributed by atoms with Crippen LogP contribution in [0.4, 0.5) is 11.5 Å². The third kappa shape index (κ3) is 3.44. The second kappa shape index (κ2) is 6.54. The van der Waals surface area contributed by atoms with E-state index in [1.54, 1.807) is 11.0 Å². The number of carbonyl (C=O) groups excluding carboxylic acids is 2. The molecule has 7 nitrogen and oxygen atoms in total. The van der Waals surface area contributed by atoms with Gasteiger partial charge in [0, 0.05) is 24.6 Å². The summed E-state index contributed by atoms with van der Waals surface area (Å²) in [5.41, 5.74) is 7.21. The van der Waals surface area contributed by atoms with Crippen LogP contribution in [0.3, 0.4) is 0 Å². The Morgan fingerprint density at radius 2 is 2.22 bits per heavy atom. The molecule has 1 aromatic rings. The second-order valence-corrected chi connectivity index (χ2v) is 6.39. The summed E-state index contributed by atoms with van der Waals surface area (Å²) in [6, 6.07) is 1.78. The number of nitrogens with zero attached hydrogens (tertiary/aromatic N) is 2. The van der Waals surface area contributed by atoms with Crippen molar-refractivity contribution in [3.05, 3.63) is 17.8 Å². The molecule has 3 heterocycles. The molecule has 0 aromatic carbocycles. The smallest absolute Gasteiger partial charge is 0.313 e. The van der Waals surface area contributed by atoms with E-state index in [-0.39, 0.29) is 5.92 Å². The van der Waals surface area contributed by atoms with Gasteiger partial charge in [-0.25, -0.2) is 4.98 Å². The maximum absolute atomic E-state index is 12.2. The first-order chi connectivity index (χ1) is 11.0. The van der Waals surface area contributed by atoms with E-state index in [9.17, 15) is 9.59 Å². The SMILES string of the molecule is CC1CCCN(C(=O)C(=O)Nc2cnc(N)c(C3COC3)c2)C1. The number of carbonyl (C=O) groups is 2. The number of nitrogens with one attached hydrogen (secondary N) is 1. The molecule has 3 N–H and O–H groups in total. The number of ether oxygens (including phenoxy) is 1. The fourth-order valence-electron chi connectivity index (χ4n) is 3.01. The highest BCUT2D eigenvalue weighted by Gasteiger charge is 2.27. The molecule has 2 amide bonds. The van der Waals surface area contributed by atoms with Gasteiger partial charge in [-0.3, -0.25) is 9.59 Å². The minimum Gasteiger partial charge on any atom is -0.383 e. The highest BCUT2D eigenvalue weighted by atomic mass is 16.5. The van der Waals surface area contributed by atoms with Gasteiger partial charge in [0.1, 0.15) is 5.82 Å². The van der Waals surface area contributed by atoms with Gasteiger partial charge < -0.3 is 20.7 Å². The van der Waals surface area contributed by atoms with Crippen LogP contribution in [0.25, 0.3) is 0 Å². The Morgan fingerprint density at radius 3 is 2.87 bits per heavy atom. The Bertz CT molecular complexity index is 615. The lowest BCUT2D eigenvalue weighted by molar-refractivity contribution is -0.144. The number of hydrogen-bond acceptors (Lipinski definition) is 5. The summed E-state index contributed by atoms with van der Waals surface area (Å²) < 4.78 is 5.16. The van der Waals surface area contributed by atoms with Crippen molar-refractivity contribution in [2.75, 3.05) is 37.4 Å². The lowest BCUT2D eigenvalue weighted by atomic mass is 9.98. The van der Waals surface area contributed by atoms with Crippen LogP contribution >= 0.6 is 0 Å². The molecule has 2 aliphatic heterocycles. The fraction of sp³-hybridized carbons (Fsp3) is 0.562. The van der Waals surface area contributed by atoms with Crippen molar-refractivity contribution in [3.8, 4) is 0 Å². The Hall–Kier alpha value is -2.15. The van der Waals surface area contributed by atoms with Crippen LogP contribution in [0.1, 0.15) is 31.2 Å². The summed E-state index contributed by atoms with van der Waals surface area (Å²) in [7, 11) is 0. The maximum Gasteiger partial charge on any atom is 0.313 e. The van der Waals surface area contributed by atoms with Crippen LogP contribution in [0, 0.1) is 5.92 Å². The summed E-state index contributed by atoms with van der Waals surface area (Å²) in [5, 5.41) is 2.64. The van der Waals surface area contributed by atoms with E-state index in [0.29, 0.717) is 43.7 Å². The van der Waals surface area contributed by atoms with Crippen LogP contribution in [0.5, 0.6) is 0 Å². The highest BCUT2D eigenvalue weighted by molar-refractivity contribution is 6.39. The largest absolute Gasteiger partial charge is 0.383 e. The van der Waals surface area contributed by atoms with E-state index in [1.165, 1.54) is 6.20 Å². The summed E-state index contributed by atoms with van der Waals surface area (Å²) in [6.45, 7) is 4.58. The minimum atomic E-state index is -0.624. The zero-order valence-corrected chi connectivity index (χ0v) is 13.2. The number of nitrogens with two attached hydrogens (primary N) is 1. The van der Waals surface area contributed by atoms with E-state index in [2.05, 4.69) is 17.2 Å². The van der Waals surface area contributed by atoms with E-state index in [1.807, 2.05) is 0 Å². The molecule has 7 heteroatoms. The van der Waals surface area contributed by atoms with Crippen molar-refractivity contribution in [1.29, 1.82) is 0 Å². The van der Waals surface area contributed by atoms with Gasteiger partial charge in [0.25, 0.3) is 0 Å². The van der Waals surface area contributed by atoms with Gasteiger partial charge in [-0.2, -0.15) is 0 Å². The first-order valence-corrected chi connectivity index (χ1v) is 7.98. The molecule has 2 saturated heterocycles. The minimum absolute atomic E-state index is 0.206. The molecular weight excluding hydrogens is 296 g/mol. The first kappa shape index (κ1) is 15.7. The first-order valence-electron chi connectivity index (χ1n) is 7.98. The monoisotopic (exact) mass is 318 g/mol. The van der Waals surface area contributed by atoms with E-state index in [0.717, 1.165) is 18.4 Å². The zero-order chi connectivity index (χ0) is 16.4. The van der Waals surface area contributed by atoms with Crippen LogP contribution in [-0.2, 0) is 14.3 Å². The third-order valence-corrected chi connectivity index (χ3v) is 4.42. The zero-order valence-electron chi connectivity index (χ0n) is 13.2. The van der Waals surface area contributed by atoms with E-state index in [4.69, 9.17) is 10.5 Å². The van der Waals surface area contributed by atoms with Crippen molar-refractivity contribution in [2.45, 2.75) is 25.7 Å². The maximum atomic E-state index is 12.2. The number of nitrogen functional groups attached to an aromatic ring is 1. The van der Waals surface area contributed by atoms with Gasteiger partial charge in [-0.1, -0.05) is 6.92 Å². The van der Waals surface area contributed by atoms with Crippen molar-refractivity contribution >= 4 is 23.3 Å². The fourth-order valence-corrected chi connectivity index (χ4v) is 3.01. The number of aromatic nitrogens is 1. The molecular formula is C16H22N4O3. The Kier molecular flexibility index (Phi) is 4.47. The van der Waals surface area contributed by atoms with Crippen LogP contribution in [0.15, 0.2) is 12.3 Å². The van der Waals surface area contributed by atoms with E-state index >= 15 is 0 Å². The number of hydrogen-bond donors (Lipinski definition) is 2. The number of anilines is 2. The summed E-state index contributed by atoms with van der Waals surface area (Å²) in [4.78, 5) is 30.2. The summed E-state index contributed by atoms with van der Waals surface area (Å²) in [6.07, 6.45) is 3.51. The van der Waals surface area contributed by atoms with Gasteiger partial charge in [0.2, 0.25) is 0 Å². The average Bonchev–Trinajstić information content (AvgIpc) is 2.48. The number of rotatable bonds is 2. The second-order valence-electron chi connectivity index (χ2n) is 6.39. The Labute approximate surface area is 135 Å². The summed E-state index contributed by atoms with van der Waals surface area (Å²) >= 11 is 0. The Balaban J connectivity index is 1.66. The molecule has 1 unspecified atom stereocenters. The molecule has 0 aliphatic carbocycles. The topological polar surface area (TPSA) is 97.6 Å². The predicted octanol–water partition coefficient (Wildman–Crippen LogP) is 0.975. The number of likely N-dealkylation sites (tertiary alicyclic amines) is 1. The van der Waals surface area contributed by atoms with Crippen molar-refractivity contribution in [2.24, 2.45) is 5.92 Å². The highest BCUT2D eigenvalue weighted by Crippen LogP contribution is 2.29. The lowest BCUT2D eigenvalue weighted by Crippen LogP contribution is -2.44. The van der Waals surface area contributed by atoms with Crippen LogP contribution in [0.2, 0.25) is 0 Å². The van der Waals surface area contributed by atoms with Gasteiger partial charge in [-0.05, 0) is 24.8 Å². The molecule has 2 aliphatic rings. The molecule has 1 atom stereocenters. The van der Waals surface area contributed by atoms with Crippen molar-refractivity contribution in [3.63, 3.8) is 0 Å². The van der Waals surface area contributed by atoms with Gasteiger partial charge in [-0.15, -0.1) is 0 Å². The number of piperidine rings is 1. The third-order valence-electron chi connectivity index (χ3n) is 4.42. The standard InChI is InChI=1S/C16H22N4O3/c1-10-3-2-4-20(7-10)16(22)15(21)19-12-5-13(11-8-23-9-11)14(17)18-6-12/h5-6,10-11H,2-4,7-9H2,1H3,(H2,17,18)(H,19,21). The normalized spacial score (nSPS) is 21.6. The number of amides is 2. The molecule has 3 rings (SSSR count). The molecule has 23 heavy (non-hydrogen) atoms. The lowest BCUT2D eigenvalue weighted by Gasteiger charge is -2.30. The summed E-state index contributed by atoms with van der Waals surface area (Å²) in [5.74, 6) is -0.0298. The van der Waals surface area contributed by atoms with Crippen LogP contribution < -0.4 is 11.1 Å². The quantitative estimate of drug-likeness (QED) is 0.792. The van der Waals surface area contributed by atoms with E-state index < -0.39 is 11.8 Å². The molecule has 0 saturated carbocycles. The predicted molar refractivity (Wildman–Crippen MR) is 85.8 cm³/mol. The molecule has 1 aromatic heterocycles. The average molecular weight is 318 g/mol. The molecule has 2 fully saturated rings. The van der Waals surface area contributed by atoms with Crippen molar-refractivity contribution < 1.29 is 14.3 Å². The molecule has 0 spiro atoms. The van der Waals surface area contributed by atoms with Gasteiger partial charge in [0.05, 0.1) is 25.1 Å². The Morgan fingerprint density at radius 1 is 1.43 bits per heavy atom. The molecule has 0 radical (unpaired) electrons. The molecule has 0 bridgehead atoms. The molecule has 124 valence electrons. The van der Waals surface area contributed by atoms with Gasteiger partial charge >= 0.3 is 11.8 Å². The van der Waals surface area contributed by atoms with Crippen molar-refractivity contribution in [1.82, 2.24) is 9.88 Å². The number of pyridine rings is 1. The van der Waals surface area contributed by atoms with Gasteiger partial charge in [0.15, 0.2) is 0 Å².